The molecule has 1 aromatic heterocycles. The van der Waals surface area contributed by atoms with Gasteiger partial charge in [0.15, 0.2) is 5.78 Å². The van der Waals surface area contributed by atoms with E-state index >= 15 is 0 Å². The molecule has 1 saturated heterocycles. The molecule has 1 aliphatic heterocycles. The van der Waals surface area contributed by atoms with E-state index in [2.05, 4.69) is 14.9 Å². The van der Waals surface area contributed by atoms with Gasteiger partial charge in [-0.15, -0.1) is 24.8 Å². The van der Waals surface area contributed by atoms with E-state index in [9.17, 15) is 9.18 Å². The van der Waals surface area contributed by atoms with Crippen molar-refractivity contribution in [1.82, 2.24) is 14.9 Å². The molecule has 28 heavy (non-hydrogen) atoms. The van der Waals surface area contributed by atoms with E-state index in [-0.39, 0.29) is 47.6 Å². The number of aromatic amines is 1. The zero-order chi connectivity index (χ0) is 18.1. The highest BCUT2D eigenvalue weighted by atomic mass is 35.5. The van der Waals surface area contributed by atoms with Crippen LogP contribution in [0.1, 0.15) is 36.7 Å². The number of rotatable bonds is 5. The maximum Gasteiger partial charge on any atom is 0.157 e. The summed E-state index contributed by atoms with van der Waals surface area (Å²) in [6.07, 6.45) is 8.13. The minimum absolute atomic E-state index is 0. The molecule has 1 N–H and O–H groups in total. The average molecular weight is 444 g/mol. The number of imidazole rings is 1. The number of nitrogens with zero attached hydrogens (tertiary/aromatic N) is 2. The van der Waals surface area contributed by atoms with Crippen LogP contribution in [0, 0.1) is 11.7 Å². The van der Waals surface area contributed by atoms with Gasteiger partial charge in [-0.25, -0.2) is 9.37 Å². The normalized spacial score (nSPS) is 22.2. The lowest BCUT2D eigenvalue weighted by Gasteiger charge is -2.37. The van der Waals surface area contributed by atoms with Gasteiger partial charge in [0.25, 0.3) is 0 Å². The Kier molecular flexibility index (Phi) is 8.13. The Balaban J connectivity index is 0.00000140. The van der Waals surface area contributed by atoms with E-state index in [0.29, 0.717) is 12.1 Å². The van der Waals surface area contributed by atoms with Crippen LogP contribution in [0.3, 0.4) is 0 Å². The molecule has 1 aliphatic carbocycles. The zero-order valence-electron chi connectivity index (χ0n) is 15.3. The average Bonchev–Trinajstić information content (AvgIpc) is 3.37. The van der Waals surface area contributed by atoms with Crippen molar-refractivity contribution < 1.29 is 9.18 Å². The topological polar surface area (TPSA) is 49.0 Å². The Hall–Kier alpha value is -1.34. The molecule has 1 aromatic carbocycles. The van der Waals surface area contributed by atoms with E-state index in [0.717, 1.165) is 37.2 Å². The van der Waals surface area contributed by atoms with E-state index in [1.807, 2.05) is 6.08 Å². The van der Waals surface area contributed by atoms with E-state index in [1.165, 1.54) is 6.07 Å². The molecular formula is C20H24Cl2FN3OS. The van der Waals surface area contributed by atoms with Gasteiger partial charge in [-0.2, -0.15) is 12.6 Å². The molecular weight excluding hydrogens is 420 g/mol. The SMILES string of the molecule is Cl.Cl.O=C(C1CC1)C(c1ccccc1F)N1CCC(S)/C(=C\c2ncc[nH]2)C1. The monoisotopic (exact) mass is 443 g/mol. The number of halogens is 3. The lowest BCUT2D eigenvalue weighted by atomic mass is 9.93. The fourth-order valence-corrected chi connectivity index (χ4v) is 3.88. The number of H-pyrrole nitrogens is 1. The van der Waals surface area contributed by atoms with Crippen LogP contribution in [-0.4, -0.2) is 39.0 Å². The predicted octanol–water partition coefficient (Wildman–Crippen LogP) is 4.50. The first-order chi connectivity index (χ1) is 12.6. The third-order valence-electron chi connectivity index (χ3n) is 5.16. The van der Waals surface area contributed by atoms with Gasteiger partial charge in [0.2, 0.25) is 0 Å². The van der Waals surface area contributed by atoms with E-state index in [1.54, 1.807) is 30.6 Å². The van der Waals surface area contributed by atoms with Gasteiger partial charge in [-0.1, -0.05) is 18.2 Å². The van der Waals surface area contributed by atoms with Gasteiger partial charge in [-0.3, -0.25) is 9.69 Å². The molecule has 0 radical (unpaired) electrons. The zero-order valence-corrected chi connectivity index (χ0v) is 17.8. The summed E-state index contributed by atoms with van der Waals surface area (Å²) in [6, 6.07) is 6.12. The minimum atomic E-state index is -0.524. The molecule has 1 saturated carbocycles. The molecule has 4 rings (SSSR count). The Labute approximate surface area is 182 Å². The van der Waals surface area contributed by atoms with E-state index in [4.69, 9.17) is 12.6 Å². The summed E-state index contributed by atoms with van der Waals surface area (Å²) < 4.78 is 14.5. The quantitative estimate of drug-likeness (QED) is 0.668. The second-order valence-electron chi connectivity index (χ2n) is 7.07. The Bertz CT molecular complexity index is 827. The highest BCUT2D eigenvalue weighted by molar-refractivity contribution is 7.81. The number of carbonyl (C=O) groups is 1. The van der Waals surface area contributed by atoms with Gasteiger partial charge < -0.3 is 4.98 Å². The number of Topliss-reactive ketones (excluding diaryl/α,β-unsaturated/α-hetero) is 1. The molecule has 2 heterocycles. The van der Waals surface area contributed by atoms with Crippen molar-refractivity contribution in [3.8, 4) is 0 Å². The Morgan fingerprint density at radius 2 is 2.04 bits per heavy atom. The van der Waals surface area contributed by atoms with Crippen LogP contribution in [-0.2, 0) is 4.79 Å². The number of benzene rings is 1. The minimum Gasteiger partial charge on any atom is -0.345 e. The smallest absolute Gasteiger partial charge is 0.157 e. The van der Waals surface area contributed by atoms with Gasteiger partial charge in [0.05, 0.1) is 6.04 Å². The van der Waals surface area contributed by atoms with Crippen LogP contribution in [0.4, 0.5) is 4.39 Å². The van der Waals surface area contributed by atoms with Gasteiger partial charge in [0, 0.05) is 42.2 Å². The van der Waals surface area contributed by atoms with Gasteiger partial charge >= 0.3 is 0 Å². The van der Waals surface area contributed by atoms with Gasteiger partial charge in [-0.05, 0) is 37.0 Å². The molecule has 0 bridgehead atoms. The van der Waals surface area contributed by atoms with Crippen molar-refractivity contribution in [2.24, 2.45) is 5.92 Å². The number of hydrogen-bond donors (Lipinski definition) is 2. The van der Waals surface area contributed by atoms with Crippen molar-refractivity contribution in [1.29, 1.82) is 0 Å². The molecule has 2 atom stereocenters. The molecule has 0 amide bonds. The first-order valence-electron chi connectivity index (χ1n) is 9.03. The lowest BCUT2D eigenvalue weighted by Crippen LogP contribution is -2.42. The molecule has 2 fully saturated rings. The molecule has 8 heteroatoms. The number of piperidine rings is 1. The lowest BCUT2D eigenvalue weighted by molar-refractivity contribution is -0.126. The first kappa shape index (κ1) is 22.9. The summed E-state index contributed by atoms with van der Waals surface area (Å²) >= 11 is 4.69. The second-order valence-corrected chi connectivity index (χ2v) is 7.69. The van der Waals surface area contributed by atoms with Crippen molar-refractivity contribution in [3.63, 3.8) is 0 Å². The fraction of sp³-hybridized carbons (Fsp3) is 0.400. The predicted molar refractivity (Wildman–Crippen MR) is 117 cm³/mol. The maximum atomic E-state index is 14.5. The number of aromatic nitrogens is 2. The standard InChI is InChI=1S/C20H22FN3OS.2ClH/c21-16-4-2-1-3-15(16)19(20(25)13-5-6-13)24-10-7-17(26)14(12-24)11-18-22-8-9-23-18;;/h1-4,8-9,11,13,17,19,26H,5-7,10,12H2,(H,22,23);2*1H/b14-11-;;. The Morgan fingerprint density at radius 1 is 1.29 bits per heavy atom. The van der Waals surface area contributed by atoms with Crippen molar-refractivity contribution in [3.05, 3.63) is 59.4 Å². The number of nitrogens with one attached hydrogen (secondary N) is 1. The largest absolute Gasteiger partial charge is 0.345 e. The number of carbonyl (C=O) groups excluding carboxylic acids is 1. The summed E-state index contributed by atoms with van der Waals surface area (Å²) in [6.45, 7) is 1.31. The number of likely N-dealkylation sites (tertiary alicyclic amines) is 1. The highest BCUT2D eigenvalue weighted by Crippen LogP contribution is 2.39. The molecule has 0 spiro atoms. The second kappa shape index (κ2) is 9.92. The van der Waals surface area contributed by atoms with Crippen LogP contribution in [0.5, 0.6) is 0 Å². The van der Waals surface area contributed by atoms with E-state index < -0.39 is 6.04 Å². The summed E-state index contributed by atoms with van der Waals surface area (Å²) in [5.74, 6) is 0.684. The Morgan fingerprint density at radius 3 is 2.68 bits per heavy atom. The third kappa shape index (κ3) is 4.98. The summed E-state index contributed by atoms with van der Waals surface area (Å²) in [7, 11) is 0. The number of thiol groups is 1. The number of ketones is 1. The molecule has 2 aliphatic rings. The first-order valence-corrected chi connectivity index (χ1v) is 9.55. The summed E-state index contributed by atoms with van der Waals surface area (Å²) in [5, 5.41) is 0.119. The molecule has 4 nitrogen and oxygen atoms in total. The van der Waals surface area contributed by atoms with Crippen molar-refractivity contribution >= 4 is 49.3 Å². The van der Waals surface area contributed by atoms with Crippen LogP contribution in [0.2, 0.25) is 0 Å². The summed E-state index contributed by atoms with van der Waals surface area (Å²) in [4.78, 5) is 22.4. The third-order valence-corrected chi connectivity index (χ3v) is 5.75. The molecule has 152 valence electrons. The fourth-order valence-electron chi connectivity index (χ4n) is 3.60. The van der Waals surface area contributed by atoms with Crippen LogP contribution in [0.15, 0.2) is 42.2 Å². The van der Waals surface area contributed by atoms with Crippen LogP contribution < -0.4 is 0 Å². The van der Waals surface area contributed by atoms with Crippen LogP contribution in [0.25, 0.3) is 6.08 Å². The van der Waals surface area contributed by atoms with Crippen LogP contribution >= 0.6 is 37.4 Å². The number of hydrogen-bond acceptors (Lipinski definition) is 4. The molecule has 2 unspecified atom stereocenters. The maximum absolute atomic E-state index is 14.5. The highest BCUT2D eigenvalue weighted by Gasteiger charge is 2.40. The summed E-state index contributed by atoms with van der Waals surface area (Å²) in [5.41, 5.74) is 1.58. The van der Waals surface area contributed by atoms with Crippen molar-refractivity contribution in [2.75, 3.05) is 13.1 Å². The molecule has 2 aromatic rings. The van der Waals surface area contributed by atoms with Gasteiger partial charge in [0.1, 0.15) is 11.6 Å². The van der Waals surface area contributed by atoms with Crippen molar-refractivity contribution in [2.45, 2.75) is 30.6 Å².